The fourth-order valence-corrected chi connectivity index (χ4v) is 7.99. The first-order valence-corrected chi connectivity index (χ1v) is 15.5. The summed E-state index contributed by atoms with van der Waals surface area (Å²) in [4.78, 5) is 44.5. The first kappa shape index (κ1) is 33.1. The zero-order valence-electron chi connectivity index (χ0n) is 26.1. The van der Waals surface area contributed by atoms with Crippen LogP contribution in [0.1, 0.15) is 80.1 Å². The summed E-state index contributed by atoms with van der Waals surface area (Å²) in [6.45, 7) is 12.3. The molecule has 3 saturated carbocycles. The Morgan fingerprint density at radius 3 is 2.07 bits per heavy atom. The van der Waals surface area contributed by atoms with Gasteiger partial charge in [0.2, 0.25) is 18.2 Å². The molecule has 0 heterocycles. The minimum Gasteiger partial charge on any atom is -0.211 e. The van der Waals surface area contributed by atoms with Crippen molar-refractivity contribution in [3.63, 3.8) is 0 Å². The Kier molecular flexibility index (Phi) is 12.4. The van der Waals surface area contributed by atoms with Crippen LogP contribution in [0.3, 0.4) is 0 Å². The Bertz CT molecular complexity index is 1280. The lowest BCUT2D eigenvalue weighted by Gasteiger charge is -2.53. The molecule has 0 N–H and O–H groups in total. The van der Waals surface area contributed by atoms with Crippen molar-refractivity contribution in [2.24, 2.45) is 67.7 Å². The number of aliphatic imine (C=N–C) groups is 3. The van der Waals surface area contributed by atoms with Crippen molar-refractivity contribution in [1.82, 2.24) is 0 Å². The molecule has 0 aromatic heterocycles. The van der Waals surface area contributed by atoms with Gasteiger partial charge in [0.05, 0.1) is 11.4 Å². The third-order valence-corrected chi connectivity index (χ3v) is 9.96. The molecule has 0 spiro atoms. The number of carbonyl (C=O) groups excluding carboxylic acids is 3. The molecule has 3 fully saturated rings. The molecule has 6 heteroatoms. The van der Waals surface area contributed by atoms with Crippen molar-refractivity contribution < 1.29 is 14.4 Å². The van der Waals surface area contributed by atoms with E-state index in [0.29, 0.717) is 53.0 Å². The lowest BCUT2D eigenvalue weighted by Crippen LogP contribution is -2.45. The van der Waals surface area contributed by atoms with Crippen LogP contribution in [0.2, 0.25) is 0 Å². The molecule has 0 radical (unpaired) electrons. The van der Waals surface area contributed by atoms with Crippen LogP contribution in [0.5, 0.6) is 0 Å². The predicted molar refractivity (Wildman–Crippen MR) is 168 cm³/mol. The van der Waals surface area contributed by atoms with Gasteiger partial charge < -0.3 is 0 Å². The maximum absolute atomic E-state index is 11.1. The number of hydrogen-bond donors (Lipinski definition) is 0. The molecule has 0 aromatic carbocycles. The van der Waals surface area contributed by atoms with Crippen molar-refractivity contribution in [2.75, 3.05) is 0 Å². The second kappa shape index (κ2) is 15.7. The second-order valence-electron chi connectivity index (χ2n) is 12.8. The highest BCUT2D eigenvalue weighted by molar-refractivity contribution is 5.39. The van der Waals surface area contributed by atoms with Gasteiger partial charge >= 0.3 is 0 Å². The topological polar surface area (TPSA) is 88.3 Å². The smallest absolute Gasteiger partial charge is 0.211 e. The van der Waals surface area contributed by atoms with E-state index in [1.54, 1.807) is 25.2 Å². The van der Waals surface area contributed by atoms with Crippen molar-refractivity contribution in [3.8, 4) is 0 Å². The van der Waals surface area contributed by atoms with Gasteiger partial charge in [-0.05, 0) is 120 Å². The normalized spacial score (nSPS) is 33.1. The molecule has 0 aliphatic heterocycles. The molecule has 224 valence electrons. The SMILES string of the molecule is C/C=C\C=C(\N=C=O)C1C(C)CC1CC1CC(C(/C=C\C)(/C=C(\C)N=C=O)CC2CC(C)C2/C=C\C=C(/C)N=C=O)C1. The first-order chi connectivity index (χ1) is 20.2. The molecule has 0 bridgehead atoms. The van der Waals surface area contributed by atoms with Gasteiger partial charge in [-0.15, -0.1) is 0 Å². The van der Waals surface area contributed by atoms with Crippen LogP contribution in [-0.2, 0) is 14.4 Å². The van der Waals surface area contributed by atoms with E-state index in [-0.39, 0.29) is 5.41 Å². The summed E-state index contributed by atoms with van der Waals surface area (Å²) in [5.74, 6) is 4.01. The van der Waals surface area contributed by atoms with Crippen LogP contribution in [0, 0.1) is 52.8 Å². The van der Waals surface area contributed by atoms with Gasteiger partial charge in [-0.1, -0.05) is 56.4 Å². The number of nitrogens with zero attached hydrogens (tertiary/aromatic N) is 3. The number of isocyanates is 3. The average Bonchev–Trinajstić information content (AvgIpc) is 2.90. The van der Waals surface area contributed by atoms with Crippen molar-refractivity contribution in [3.05, 3.63) is 71.8 Å². The summed E-state index contributed by atoms with van der Waals surface area (Å²) in [7, 11) is 0. The Morgan fingerprint density at radius 2 is 1.48 bits per heavy atom. The highest BCUT2D eigenvalue weighted by Crippen LogP contribution is 2.58. The second-order valence-corrected chi connectivity index (χ2v) is 12.8. The molecule has 0 saturated heterocycles. The van der Waals surface area contributed by atoms with Crippen LogP contribution in [0.25, 0.3) is 0 Å². The highest BCUT2D eigenvalue weighted by atomic mass is 16.1. The van der Waals surface area contributed by atoms with Gasteiger partial charge in [-0.3, -0.25) is 0 Å². The van der Waals surface area contributed by atoms with Crippen LogP contribution in [0.4, 0.5) is 0 Å². The molecule has 0 amide bonds. The minimum atomic E-state index is -0.175. The Balaban J connectivity index is 1.78. The van der Waals surface area contributed by atoms with Gasteiger partial charge in [0.15, 0.2) is 0 Å². The van der Waals surface area contributed by atoms with Gasteiger partial charge in [0.25, 0.3) is 0 Å². The largest absolute Gasteiger partial charge is 0.240 e. The summed E-state index contributed by atoms with van der Waals surface area (Å²) >= 11 is 0. The lowest BCUT2D eigenvalue weighted by molar-refractivity contribution is 0.00711. The summed E-state index contributed by atoms with van der Waals surface area (Å²) < 4.78 is 0. The molecule has 42 heavy (non-hydrogen) atoms. The zero-order chi connectivity index (χ0) is 30.7. The van der Waals surface area contributed by atoms with E-state index in [4.69, 9.17) is 0 Å². The molecule has 0 aromatic rings. The quantitative estimate of drug-likeness (QED) is 0.0907. The van der Waals surface area contributed by atoms with Crippen LogP contribution in [-0.4, -0.2) is 18.2 Å². The van der Waals surface area contributed by atoms with E-state index in [1.165, 1.54) is 6.42 Å². The molecule has 3 rings (SSSR count). The highest BCUT2D eigenvalue weighted by Gasteiger charge is 2.49. The summed E-state index contributed by atoms with van der Waals surface area (Å²) in [6, 6.07) is 0. The van der Waals surface area contributed by atoms with Crippen molar-refractivity contribution >= 4 is 18.2 Å². The summed E-state index contributed by atoms with van der Waals surface area (Å²) in [5.41, 5.74) is 2.04. The Morgan fingerprint density at radius 1 is 0.810 bits per heavy atom. The monoisotopic (exact) mass is 569 g/mol. The molecular formula is C36H47N3O3. The summed E-state index contributed by atoms with van der Waals surface area (Å²) in [5, 5.41) is 0. The standard InChI is InChI=1S/C36H47N3O3/c1-7-9-13-34(39-24-42)35-26(4)16-30(35)17-29-18-32(19-29)36(14-8-2,20-28(6)38-23-41)21-31-15-25(3)33(31)12-10-11-27(5)37-22-40/h7-14,20,25-26,29-33,35H,15-19,21H2,1-6H3/b9-7-,12-10-,14-8-,27-11+,28-20+,34-13+. The third kappa shape index (κ3) is 8.11. The first-order valence-electron chi connectivity index (χ1n) is 15.5. The molecular weight excluding hydrogens is 522 g/mol. The number of rotatable bonds is 14. The molecule has 6 nitrogen and oxygen atoms in total. The van der Waals surface area contributed by atoms with E-state index in [2.05, 4.69) is 60.1 Å². The number of allylic oxidation sites excluding steroid dienone is 12. The molecule has 3 aliphatic carbocycles. The van der Waals surface area contributed by atoms with Crippen LogP contribution < -0.4 is 0 Å². The lowest BCUT2D eigenvalue weighted by atomic mass is 9.51. The van der Waals surface area contributed by atoms with Crippen LogP contribution in [0.15, 0.2) is 86.8 Å². The minimum absolute atomic E-state index is 0.175. The predicted octanol–water partition coefficient (Wildman–Crippen LogP) is 8.73. The van der Waals surface area contributed by atoms with E-state index >= 15 is 0 Å². The van der Waals surface area contributed by atoms with Gasteiger partial charge in [-0.25, -0.2) is 14.4 Å². The summed E-state index contributed by atoms with van der Waals surface area (Å²) in [6.07, 6.45) is 30.6. The van der Waals surface area contributed by atoms with E-state index in [0.717, 1.165) is 43.5 Å². The maximum Gasteiger partial charge on any atom is 0.240 e. The zero-order valence-corrected chi connectivity index (χ0v) is 26.1. The van der Waals surface area contributed by atoms with Crippen LogP contribution >= 0.6 is 0 Å². The number of hydrogen-bond acceptors (Lipinski definition) is 6. The van der Waals surface area contributed by atoms with Gasteiger partial charge in [0, 0.05) is 17.0 Å². The average molecular weight is 570 g/mol. The van der Waals surface area contributed by atoms with Gasteiger partial charge in [0.1, 0.15) is 0 Å². The van der Waals surface area contributed by atoms with E-state index in [9.17, 15) is 14.4 Å². The molecule has 3 aliphatic rings. The van der Waals surface area contributed by atoms with E-state index < -0.39 is 0 Å². The maximum atomic E-state index is 11.1. The molecule has 7 unspecified atom stereocenters. The van der Waals surface area contributed by atoms with E-state index in [1.807, 2.05) is 44.2 Å². The molecule has 7 atom stereocenters. The van der Waals surface area contributed by atoms with Crippen molar-refractivity contribution in [1.29, 1.82) is 0 Å². The third-order valence-electron chi connectivity index (χ3n) is 9.96. The Labute approximate surface area is 252 Å². The fraction of sp³-hybridized carbons (Fsp3) is 0.583. The Hall–Kier alpha value is -3.42. The fourth-order valence-electron chi connectivity index (χ4n) is 7.99. The van der Waals surface area contributed by atoms with Gasteiger partial charge in [-0.2, -0.15) is 15.0 Å². The van der Waals surface area contributed by atoms with Crippen molar-refractivity contribution in [2.45, 2.75) is 80.1 Å².